The van der Waals surface area contributed by atoms with Crippen molar-refractivity contribution in [3.63, 3.8) is 0 Å². The molecule has 8 heteroatoms. The van der Waals surface area contributed by atoms with Gasteiger partial charge in [-0.15, -0.1) is 0 Å². The van der Waals surface area contributed by atoms with Crippen molar-refractivity contribution in [1.29, 1.82) is 0 Å². The van der Waals surface area contributed by atoms with Crippen molar-refractivity contribution < 1.29 is 22.7 Å². The van der Waals surface area contributed by atoms with E-state index < -0.39 is 27.8 Å². The molecule has 2 aromatic carbocycles. The van der Waals surface area contributed by atoms with E-state index in [0.29, 0.717) is 11.8 Å². The van der Waals surface area contributed by atoms with Crippen LogP contribution in [0.1, 0.15) is 55.2 Å². The number of halogens is 1. The van der Waals surface area contributed by atoms with Crippen molar-refractivity contribution in [3.8, 4) is 0 Å². The van der Waals surface area contributed by atoms with Gasteiger partial charge in [0.15, 0.2) is 16.4 Å². The molecular formula is C28H32ClNO5S. The Morgan fingerprint density at radius 2 is 1.72 bits per heavy atom. The number of ether oxygens (including phenoxy) is 1. The Morgan fingerprint density at radius 3 is 2.36 bits per heavy atom. The van der Waals surface area contributed by atoms with Crippen LogP contribution in [0.5, 0.6) is 0 Å². The average molecular weight is 530 g/mol. The van der Waals surface area contributed by atoms with Crippen LogP contribution in [0, 0.1) is 31.1 Å². The van der Waals surface area contributed by atoms with Gasteiger partial charge in [0.2, 0.25) is 0 Å². The number of esters is 1. The van der Waals surface area contributed by atoms with Gasteiger partial charge in [0.25, 0.3) is 5.91 Å². The molecule has 192 valence electrons. The number of anilines is 1. The van der Waals surface area contributed by atoms with Crippen molar-refractivity contribution in [2.45, 2.75) is 62.7 Å². The second kappa shape index (κ2) is 8.88. The highest BCUT2D eigenvalue weighted by Crippen LogP contribution is 2.66. The van der Waals surface area contributed by atoms with E-state index in [-0.39, 0.29) is 27.0 Å². The van der Waals surface area contributed by atoms with Gasteiger partial charge in [-0.1, -0.05) is 29.8 Å². The Bertz CT molecular complexity index is 1340. The second-order valence-corrected chi connectivity index (χ2v) is 13.8. The first kappa shape index (κ1) is 25.3. The molecule has 2 atom stereocenters. The molecule has 1 amide bonds. The van der Waals surface area contributed by atoms with Gasteiger partial charge in [0, 0.05) is 6.26 Å². The van der Waals surface area contributed by atoms with E-state index in [1.165, 1.54) is 34.9 Å². The first-order valence-corrected chi connectivity index (χ1v) is 14.7. The van der Waals surface area contributed by atoms with Crippen LogP contribution in [-0.2, 0) is 29.6 Å². The minimum atomic E-state index is -3.46. The number of sulfone groups is 1. The number of carbonyl (C=O) groups is 2. The summed E-state index contributed by atoms with van der Waals surface area (Å²) in [7, 11) is -3.46. The monoisotopic (exact) mass is 529 g/mol. The molecule has 4 fully saturated rings. The van der Waals surface area contributed by atoms with Crippen LogP contribution in [0.25, 0.3) is 0 Å². The maximum Gasteiger partial charge on any atom is 0.312 e. The predicted molar refractivity (Wildman–Crippen MR) is 139 cm³/mol. The van der Waals surface area contributed by atoms with Gasteiger partial charge in [0.1, 0.15) is 0 Å². The number of aryl methyl sites for hydroxylation is 2. The average Bonchev–Trinajstić information content (AvgIpc) is 2.79. The highest BCUT2D eigenvalue weighted by atomic mass is 35.5. The third-order valence-electron chi connectivity index (χ3n) is 8.59. The summed E-state index contributed by atoms with van der Waals surface area (Å²) in [4.78, 5) is 26.2. The minimum Gasteiger partial charge on any atom is -0.455 e. The molecule has 6 nitrogen and oxygen atoms in total. The Kier molecular flexibility index (Phi) is 6.23. The molecule has 6 rings (SSSR count). The zero-order valence-electron chi connectivity index (χ0n) is 20.9. The molecule has 0 saturated heterocycles. The number of hydrogen-bond donors (Lipinski definition) is 1. The van der Waals surface area contributed by atoms with Gasteiger partial charge in [-0.25, -0.2) is 8.42 Å². The lowest BCUT2D eigenvalue weighted by molar-refractivity contribution is -0.175. The lowest BCUT2D eigenvalue weighted by Gasteiger charge is -2.61. The molecule has 0 unspecified atom stereocenters. The van der Waals surface area contributed by atoms with Crippen LogP contribution in [0.4, 0.5) is 5.69 Å². The number of nitrogens with one attached hydrogen (secondary N) is 1. The summed E-state index contributed by atoms with van der Waals surface area (Å²) in [5.74, 6) is 0.138. The molecule has 4 aliphatic rings. The van der Waals surface area contributed by atoms with Crippen LogP contribution in [0.3, 0.4) is 0 Å². The zero-order chi connectivity index (χ0) is 25.9. The summed E-state index contributed by atoms with van der Waals surface area (Å²) in [6, 6.07) is 10.8. The van der Waals surface area contributed by atoms with Crippen molar-refractivity contribution in [1.82, 2.24) is 0 Å². The highest BCUT2D eigenvalue weighted by molar-refractivity contribution is 7.90. The molecule has 0 radical (unpaired) electrons. The minimum absolute atomic E-state index is 0.0105. The Labute approximate surface area is 217 Å². The van der Waals surface area contributed by atoms with Crippen molar-refractivity contribution in [2.24, 2.45) is 17.3 Å². The summed E-state index contributed by atoms with van der Waals surface area (Å²) in [6.45, 7) is 3.82. The second-order valence-electron chi connectivity index (χ2n) is 11.4. The van der Waals surface area contributed by atoms with Crippen LogP contribution in [0.2, 0.25) is 5.02 Å². The maximum atomic E-state index is 13.5. The molecule has 2 aromatic rings. The fourth-order valence-electron chi connectivity index (χ4n) is 7.21. The normalized spacial score (nSPS) is 28.7. The quantitative estimate of drug-likeness (QED) is 0.507. The third kappa shape index (κ3) is 4.56. The van der Waals surface area contributed by atoms with Crippen molar-refractivity contribution in [3.05, 3.63) is 58.1 Å². The van der Waals surface area contributed by atoms with Gasteiger partial charge in [0.05, 0.1) is 21.0 Å². The van der Waals surface area contributed by atoms with Crippen molar-refractivity contribution in [2.75, 3.05) is 18.2 Å². The van der Waals surface area contributed by atoms with Crippen LogP contribution >= 0.6 is 11.6 Å². The zero-order valence-corrected chi connectivity index (χ0v) is 22.5. The van der Waals surface area contributed by atoms with Crippen molar-refractivity contribution >= 4 is 39.0 Å². The van der Waals surface area contributed by atoms with E-state index in [9.17, 15) is 18.0 Å². The molecule has 4 saturated carbocycles. The molecule has 0 spiro atoms. The smallest absolute Gasteiger partial charge is 0.312 e. The van der Waals surface area contributed by atoms with Gasteiger partial charge < -0.3 is 10.1 Å². The number of carbonyl (C=O) groups excluding carboxylic acids is 2. The molecule has 0 aliphatic heterocycles. The third-order valence-corrected chi connectivity index (χ3v) is 10.0. The molecule has 1 N–H and O–H groups in total. The van der Waals surface area contributed by atoms with E-state index in [1.54, 1.807) is 0 Å². The Balaban J connectivity index is 1.30. The summed E-state index contributed by atoms with van der Waals surface area (Å²) < 4.78 is 29.3. The van der Waals surface area contributed by atoms with Gasteiger partial charge >= 0.3 is 5.97 Å². The molecule has 0 aromatic heterocycles. The van der Waals surface area contributed by atoms with E-state index >= 15 is 0 Å². The predicted octanol–water partition coefficient (Wildman–Crippen LogP) is 5.38. The fraction of sp³-hybridized carbons (Fsp3) is 0.500. The standard InChI is InChI=1S/C28H32ClNO5S/c1-17-4-5-21(8-18(17)2)27-11-19-9-20(12-27)14-28(13-19,16-27)26(32)35-15-25(31)30-24-10-22(36(3,33)34)6-7-23(24)29/h4-8,10,19-20H,9,11-16H2,1-3H3,(H,30,31)/t19-,20-,27?,28?/m1/s1. The number of amides is 1. The number of rotatable bonds is 6. The first-order valence-electron chi connectivity index (χ1n) is 12.4. The fourth-order valence-corrected chi connectivity index (χ4v) is 8.02. The van der Waals surface area contributed by atoms with E-state index in [0.717, 1.165) is 44.8 Å². The maximum absolute atomic E-state index is 13.5. The molecular weight excluding hydrogens is 498 g/mol. The molecule has 4 aliphatic carbocycles. The summed E-state index contributed by atoms with van der Waals surface area (Å²) in [6.07, 6.45) is 6.86. The SMILES string of the molecule is Cc1ccc(C23C[C@H]4C[C@@H](CC(C(=O)OCC(=O)Nc5cc(S(C)(=O)=O)ccc5Cl)(C4)C2)C3)cc1C. The molecule has 0 heterocycles. The van der Waals surface area contributed by atoms with E-state index in [1.807, 2.05) is 0 Å². The Morgan fingerprint density at radius 1 is 1.03 bits per heavy atom. The molecule has 36 heavy (non-hydrogen) atoms. The van der Waals surface area contributed by atoms with E-state index in [2.05, 4.69) is 37.4 Å². The lowest BCUT2D eigenvalue weighted by Crippen LogP contribution is -2.57. The van der Waals surface area contributed by atoms with Gasteiger partial charge in [-0.2, -0.15) is 0 Å². The van der Waals surface area contributed by atoms with Crippen LogP contribution < -0.4 is 5.32 Å². The largest absolute Gasteiger partial charge is 0.455 e. The van der Waals surface area contributed by atoms with Crippen LogP contribution in [0.15, 0.2) is 41.3 Å². The van der Waals surface area contributed by atoms with Gasteiger partial charge in [-0.05, 0) is 105 Å². The number of benzene rings is 2. The van der Waals surface area contributed by atoms with E-state index in [4.69, 9.17) is 16.3 Å². The molecule has 4 bridgehead atoms. The Hall–Kier alpha value is -2.38. The summed E-state index contributed by atoms with van der Waals surface area (Å²) in [5.41, 5.74) is 3.47. The number of hydrogen-bond acceptors (Lipinski definition) is 5. The van der Waals surface area contributed by atoms with Crippen LogP contribution in [-0.4, -0.2) is 33.2 Å². The van der Waals surface area contributed by atoms with Gasteiger partial charge in [-0.3, -0.25) is 9.59 Å². The lowest BCUT2D eigenvalue weighted by atomic mass is 9.43. The summed E-state index contributed by atoms with van der Waals surface area (Å²) in [5, 5.41) is 2.79. The first-order chi connectivity index (χ1) is 16.9. The topological polar surface area (TPSA) is 89.5 Å². The summed E-state index contributed by atoms with van der Waals surface area (Å²) >= 11 is 6.14. The highest BCUT2D eigenvalue weighted by Gasteiger charge is 2.61.